The number of hydrogen-bond donors (Lipinski definition) is 0. The molecule has 108 valence electrons. The molecule has 2 unspecified atom stereocenters. The summed E-state index contributed by atoms with van der Waals surface area (Å²) >= 11 is 0. The Kier molecular flexibility index (Phi) is 4.53. The third kappa shape index (κ3) is 3.06. The first kappa shape index (κ1) is 14.7. The van der Waals surface area contributed by atoms with E-state index in [2.05, 4.69) is 0 Å². The van der Waals surface area contributed by atoms with Crippen molar-refractivity contribution in [2.75, 3.05) is 31.7 Å². The maximum atomic E-state index is 14.0. The van der Waals surface area contributed by atoms with E-state index in [0.717, 1.165) is 12.1 Å². The number of morpholine rings is 1. The molecule has 2 atom stereocenters. The van der Waals surface area contributed by atoms with E-state index in [0.29, 0.717) is 19.7 Å². The molecule has 0 N–H and O–H groups in total. The number of anilines is 1. The Morgan fingerprint density at radius 2 is 2.05 bits per heavy atom. The van der Waals surface area contributed by atoms with Gasteiger partial charge in [-0.2, -0.15) is 5.26 Å². The first-order chi connectivity index (χ1) is 9.55. The van der Waals surface area contributed by atoms with Crippen molar-refractivity contribution in [2.24, 2.45) is 0 Å². The van der Waals surface area contributed by atoms with Crippen LogP contribution in [0.4, 0.5) is 14.5 Å². The van der Waals surface area contributed by atoms with Crippen LogP contribution >= 0.6 is 0 Å². The second-order valence-electron chi connectivity index (χ2n) is 4.83. The predicted molar refractivity (Wildman–Crippen MR) is 69.5 cm³/mol. The topological polar surface area (TPSA) is 45.5 Å². The molecule has 1 aliphatic heterocycles. The first-order valence-corrected chi connectivity index (χ1v) is 6.33. The SMILES string of the molecule is COCC1CN(c2c(F)cc(C#N)cc2F)CC(C)O1. The molecule has 0 amide bonds. The molecule has 2 rings (SSSR count). The van der Waals surface area contributed by atoms with Crippen LogP contribution in [0.3, 0.4) is 0 Å². The molecule has 6 heteroatoms. The molecule has 0 aromatic heterocycles. The highest BCUT2D eigenvalue weighted by Gasteiger charge is 2.29. The zero-order valence-electron chi connectivity index (χ0n) is 11.4. The highest BCUT2D eigenvalue weighted by molar-refractivity contribution is 5.53. The van der Waals surface area contributed by atoms with E-state index in [1.807, 2.05) is 6.92 Å². The van der Waals surface area contributed by atoms with E-state index in [4.69, 9.17) is 14.7 Å². The Hall–Kier alpha value is -1.71. The number of ether oxygens (including phenoxy) is 2. The average molecular weight is 282 g/mol. The fourth-order valence-corrected chi connectivity index (χ4v) is 2.44. The van der Waals surface area contributed by atoms with Gasteiger partial charge in [-0.15, -0.1) is 0 Å². The highest BCUT2D eigenvalue weighted by atomic mass is 19.1. The minimum absolute atomic E-state index is 0.0292. The van der Waals surface area contributed by atoms with Gasteiger partial charge < -0.3 is 14.4 Å². The van der Waals surface area contributed by atoms with Gasteiger partial charge in [0, 0.05) is 20.2 Å². The van der Waals surface area contributed by atoms with Crippen molar-refractivity contribution in [1.82, 2.24) is 0 Å². The van der Waals surface area contributed by atoms with Gasteiger partial charge in [-0.25, -0.2) is 8.78 Å². The summed E-state index contributed by atoms with van der Waals surface area (Å²) in [4.78, 5) is 1.60. The van der Waals surface area contributed by atoms with Crippen LogP contribution in [0.25, 0.3) is 0 Å². The second-order valence-corrected chi connectivity index (χ2v) is 4.83. The third-order valence-electron chi connectivity index (χ3n) is 3.14. The normalized spacial score (nSPS) is 22.6. The molecule has 1 fully saturated rings. The third-order valence-corrected chi connectivity index (χ3v) is 3.14. The lowest BCUT2D eigenvalue weighted by molar-refractivity contribution is -0.0513. The summed E-state index contributed by atoms with van der Waals surface area (Å²) in [5.41, 5.74) is -0.140. The molecule has 1 aliphatic rings. The van der Waals surface area contributed by atoms with Crippen LogP contribution in [-0.4, -0.2) is 39.0 Å². The molecule has 0 radical (unpaired) electrons. The largest absolute Gasteiger partial charge is 0.382 e. The molecule has 1 aromatic carbocycles. The monoisotopic (exact) mass is 282 g/mol. The van der Waals surface area contributed by atoms with Crippen LogP contribution in [0, 0.1) is 23.0 Å². The van der Waals surface area contributed by atoms with Crippen LogP contribution in [-0.2, 0) is 9.47 Å². The molecular weight excluding hydrogens is 266 g/mol. The van der Waals surface area contributed by atoms with Crippen molar-refractivity contribution in [2.45, 2.75) is 19.1 Å². The van der Waals surface area contributed by atoms with Gasteiger partial charge in [0.2, 0.25) is 0 Å². The molecule has 1 saturated heterocycles. The van der Waals surface area contributed by atoms with Gasteiger partial charge in [-0.05, 0) is 19.1 Å². The molecule has 0 spiro atoms. The number of halogens is 2. The predicted octanol–water partition coefficient (Wildman–Crippen LogP) is 2.08. The van der Waals surface area contributed by atoms with E-state index in [-0.39, 0.29) is 23.5 Å². The molecule has 4 nitrogen and oxygen atoms in total. The Bertz CT molecular complexity index is 507. The summed E-state index contributed by atoms with van der Waals surface area (Å²) in [7, 11) is 1.55. The fourth-order valence-electron chi connectivity index (χ4n) is 2.44. The van der Waals surface area contributed by atoms with Crippen LogP contribution in [0.15, 0.2) is 12.1 Å². The van der Waals surface area contributed by atoms with Gasteiger partial charge in [-0.1, -0.05) is 0 Å². The number of methoxy groups -OCH3 is 1. The van der Waals surface area contributed by atoms with Gasteiger partial charge in [0.1, 0.15) is 5.69 Å². The van der Waals surface area contributed by atoms with Crippen molar-refractivity contribution in [3.8, 4) is 6.07 Å². The van der Waals surface area contributed by atoms with Gasteiger partial charge in [0.15, 0.2) is 11.6 Å². The summed E-state index contributed by atoms with van der Waals surface area (Å²) in [6, 6.07) is 3.82. The van der Waals surface area contributed by atoms with Crippen LogP contribution in [0.5, 0.6) is 0 Å². The number of benzene rings is 1. The van der Waals surface area contributed by atoms with Gasteiger partial charge in [0.25, 0.3) is 0 Å². The molecule has 1 aromatic rings. The summed E-state index contributed by atoms with van der Waals surface area (Å²) < 4.78 is 38.7. The zero-order chi connectivity index (χ0) is 14.7. The van der Waals surface area contributed by atoms with E-state index in [9.17, 15) is 8.78 Å². The van der Waals surface area contributed by atoms with E-state index >= 15 is 0 Å². The minimum Gasteiger partial charge on any atom is -0.382 e. The number of rotatable bonds is 3. The van der Waals surface area contributed by atoms with Crippen molar-refractivity contribution in [1.29, 1.82) is 5.26 Å². The summed E-state index contributed by atoms with van der Waals surface area (Å²) in [6.07, 6.45) is -0.392. The molecule has 0 saturated carbocycles. The quantitative estimate of drug-likeness (QED) is 0.851. The number of nitriles is 1. The summed E-state index contributed by atoms with van der Waals surface area (Å²) in [5, 5.41) is 8.71. The summed E-state index contributed by atoms with van der Waals surface area (Å²) in [6.45, 7) is 2.94. The number of hydrogen-bond acceptors (Lipinski definition) is 4. The summed E-state index contributed by atoms with van der Waals surface area (Å²) in [5.74, 6) is -1.46. The van der Waals surface area contributed by atoms with Crippen LogP contribution in [0.2, 0.25) is 0 Å². The lowest BCUT2D eigenvalue weighted by Gasteiger charge is -2.38. The minimum atomic E-state index is -0.730. The molecule has 1 heterocycles. The van der Waals surface area contributed by atoms with E-state index < -0.39 is 11.6 Å². The molecule has 0 bridgehead atoms. The van der Waals surface area contributed by atoms with Gasteiger partial charge in [-0.3, -0.25) is 0 Å². The Morgan fingerprint density at radius 1 is 1.40 bits per heavy atom. The fraction of sp³-hybridized carbons (Fsp3) is 0.500. The van der Waals surface area contributed by atoms with Crippen molar-refractivity contribution in [3.05, 3.63) is 29.3 Å². The van der Waals surface area contributed by atoms with E-state index in [1.165, 1.54) is 0 Å². The highest BCUT2D eigenvalue weighted by Crippen LogP contribution is 2.27. The second kappa shape index (κ2) is 6.16. The number of nitrogens with zero attached hydrogens (tertiary/aromatic N) is 2. The van der Waals surface area contributed by atoms with Crippen molar-refractivity contribution in [3.63, 3.8) is 0 Å². The smallest absolute Gasteiger partial charge is 0.150 e. The lowest BCUT2D eigenvalue weighted by atomic mass is 10.1. The van der Waals surface area contributed by atoms with Gasteiger partial charge in [0.05, 0.1) is 30.4 Å². The maximum absolute atomic E-state index is 14.0. The zero-order valence-corrected chi connectivity index (χ0v) is 11.4. The Morgan fingerprint density at radius 3 is 2.60 bits per heavy atom. The first-order valence-electron chi connectivity index (χ1n) is 6.33. The lowest BCUT2D eigenvalue weighted by Crippen LogP contribution is -2.48. The van der Waals surface area contributed by atoms with Crippen LogP contribution in [0.1, 0.15) is 12.5 Å². The van der Waals surface area contributed by atoms with Crippen LogP contribution < -0.4 is 4.90 Å². The molecule has 0 aliphatic carbocycles. The average Bonchev–Trinajstić information content (AvgIpc) is 2.37. The van der Waals surface area contributed by atoms with Gasteiger partial charge >= 0.3 is 0 Å². The maximum Gasteiger partial charge on any atom is 0.150 e. The standard InChI is InChI=1S/C14H16F2N2O2/c1-9-6-18(7-11(20-9)8-19-2)14-12(15)3-10(5-17)4-13(14)16/h3-4,9,11H,6-8H2,1-2H3. The Labute approximate surface area is 116 Å². The van der Waals surface area contributed by atoms with Crippen molar-refractivity contribution >= 4 is 5.69 Å². The van der Waals surface area contributed by atoms with E-state index in [1.54, 1.807) is 18.1 Å². The van der Waals surface area contributed by atoms with Crippen molar-refractivity contribution < 1.29 is 18.3 Å². The molecular formula is C14H16F2N2O2. The Balaban J connectivity index is 2.29. The molecule has 20 heavy (non-hydrogen) atoms.